The van der Waals surface area contributed by atoms with Gasteiger partial charge in [-0.25, -0.2) is 14.8 Å². The van der Waals surface area contributed by atoms with Gasteiger partial charge in [0.05, 0.1) is 11.9 Å². The van der Waals surface area contributed by atoms with E-state index in [4.69, 9.17) is 9.15 Å². The number of hydrogen-bond donors (Lipinski definition) is 1. The topological polar surface area (TPSA) is 101 Å². The Morgan fingerprint density at radius 3 is 2.46 bits per heavy atom. The van der Waals surface area contributed by atoms with Crippen molar-refractivity contribution in [1.29, 1.82) is 0 Å². The summed E-state index contributed by atoms with van der Waals surface area (Å²) >= 11 is 0. The van der Waals surface area contributed by atoms with Crippen molar-refractivity contribution in [3.05, 3.63) is 60.1 Å². The molecule has 12 heteroatoms. The molecule has 0 bridgehead atoms. The van der Waals surface area contributed by atoms with Gasteiger partial charge in [-0.15, -0.1) is 5.92 Å². The average molecular weight is 513 g/mol. The molecule has 2 amide bonds. The molecule has 3 aromatic rings. The third-order valence-electron chi connectivity index (χ3n) is 5.43. The third-order valence-corrected chi connectivity index (χ3v) is 5.43. The summed E-state index contributed by atoms with van der Waals surface area (Å²) in [6.45, 7) is 3.55. The van der Waals surface area contributed by atoms with Gasteiger partial charge in [0, 0.05) is 31.7 Å². The molecule has 0 radical (unpaired) electrons. The summed E-state index contributed by atoms with van der Waals surface area (Å²) in [6, 6.07) is 11.1. The smallest absolute Gasteiger partial charge is 0.436 e. The van der Waals surface area contributed by atoms with Crippen molar-refractivity contribution in [2.75, 3.05) is 43.0 Å². The molecule has 0 aliphatic carbocycles. The Labute approximate surface area is 210 Å². The predicted octanol–water partition coefficient (Wildman–Crippen LogP) is 4.29. The fourth-order valence-electron chi connectivity index (χ4n) is 3.59. The van der Waals surface area contributed by atoms with Crippen LogP contribution in [-0.4, -0.2) is 59.7 Å². The summed E-state index contributed by atoms with van der Waals surface area (Å²) in [6.07, 6.45) is -4.01. The fourth-order valence-corrected chi connectivity index (χ4v) is 3.59. The Bertz CT molecular complexity index is 1310. The molecule has 0 spiro atoms. The third kappa shape index (κ3) is 6.19. The quantitative estimate of drug-likeness (QED) is 0.508. The summed E-state index contributed by atoms with van der Waals surface area (Å²) in [4.78, 5) is 36.3. The highest BCUT2D eigenvalue weighted by atomic mass is 19.4. The van der Waals surface area contributed by atoms with Gasteiger partial charge < -0.3 is 24.3 Å². The van der Waals surface area contributed by atoms with Crippen LogP contribution in [0, 0.1) is 11.8 Å². The number of pyridine rings is 1. The number of rotatable bonds is 5. The second-order valence-corrected chi connectivity index (χ2v) is 7.88. The highest BCUT2D eigenvalue weighted by Gasteiger charge is 2.42. The highest BCUT2D eigenvalue weighted by molar-refractivity contribution is 6.04. The SMILES string of the molecule is CC#CCOC(=O)N1CCN(c2ccc(NC(=O)c3nc(-c4ccccc4)oc3C(F)(F)F)cn2)CC1. The van der Waals surface area contributed by atoms with Crippen LogP contribution in [0.25, 0.3) is 11.5 Å². The number of benzene rings is 1. The first-order chi connectivity index (χ1) is 17.8. The Balaban J connectivity index is 1.40. The Kier molecular flexibility index (Phi) is 7.62. The number of carbonyl (C=O) groups is 2. The maximum absolute atomic E-state index is 13.5. The van der Waals surface area contributed by atoms with E-state index in [0.29, 0.717) is 37.6 Å². The average Bonchev–Trinajstić information content (AvgIpc) is 3.37. The molecule has 1 saturated heterocycles. The number of nitrogens with zero attached hydrogens (tertiary/aromatic N) is 4. The number of hydrogen-bond acceptors (Lipinski definition) is 7. The van der Waals surface area contributed by atoms with Crippen LogP contribution in [0.1, 0.15) is 23.2 Å². The molecule has 2 aromatic heterocycles. The van der Waals surface area contributed by atoms with Gasteiger partial charge in [0.2, 0.25) is 11.7 Å². The lowest BCUT2D eigenvalue weighted by molar-refractivity contribution is -0.153. The van der Waals surface area contributed by atoms with Gasteiger partial charge in [-0.05, 0) is 31.2 Å². The van der Waals surface area contributed by atoms with Crippen LogP contribution >= 0.6 is 0 Å². The van der Waals surface area contributed by atoms with Crippen LogP contribution in [0.3, 0.4) is 0 Å². The van der Waals surface area contributed by atoms with Crippen molar-refractivity contribution in [3.63, 3.8) is 0 Å². The van der Waals surface area contributed by atoms with Crippen molar-refractivity contribution >= 4 is 23.5 Å². The van der Waals surface area contributed by atoms with Crippen LogP contribution in [0.2, 0.25) is 0 Å². The van der Waals surface area contributed by atoms with Crippen LogP contribution in [0.4, 0.5) is 29.5 Å². The van der Waals surface area contributed by atoms with Crippen LogP contribution < -0.4 is 10.2 Å². The lowest BCUT2D eigenvalue weighted by atomic mass is 10.2. The van der Waals surface area contributed by atoms with Gasteiger partial charge in [0.15, 0.2) is 12.3 Å². The molecule has 1 aliphatic rings. The highest BCUT2D eigenvalue weighted by Crippen LogP contribution is 2.35. The summed E-state index contributed by atoms with van der Waals surface area (Å²) in [5, 5.41) is 2.39. The number of aromatic nitrogens is 2. The molecular weight excluding hydrogens is 491 g/mol. The Morgan fingerprint density at radius 1 is 1.11 bits per heavy atom. The lowest BCUT2D eigenvalue weighted by Gasteiger charge is -2.34. The molecule has 3 heterocycles. The molecular formula is C25H22F3N5O4. The van der Waals surface area contributed by atoms with E-state index < -0.39 is 29.6 Å². The van der Waals surface area contributed by atoms with Gasteiger partial charge in [0.25, 0.3) is 5.91 Å². The summed E-state index contributed by atoms with van der Waals surface area (Å²) in [5.41, 5.74) is -0.380. The van der Waals surface area contributed by atoms with E-state index in [2.05, 4.69) is 27.1 Å². The first kappa shape index (κ1) is 25.6. The molecule has 0 unspecified atom stereocenters. The molecule has 0 saturated carbocycles. The maximum atomic E-state index is 13.5. The second kappa shape index (κ2) is 11.0. The molecule has 1 aliphatic heterocycles. The molecule has 37 heavy (non-hydrogen) atoms. The van der Waals surface area contributed by atoms with Gasteiger partial charge in [0.1, 0.15) is 5.82 Å². The number of oxazole rings is 1. The number of piperazine rings is 1. The Morgan fingerprint density at radius 2 is 1.84 bits per heavy atom. The van der Waals surface area contributed by atoms with E-state index >= 15 is 0 Å². The van der Waals surface area contributed by atoms with Gasteiger partial charge in [-0.2, -0.15) is 13.2 Å². The van der Waals surface area contributed by atoms with Gasteiger partial charge in [-0.3, -0.25) is 4.79 Å². The second-order valence-electron chi connectivity index (χ2n) is 7.88. The minimum atomic E-state index is -4.91. The molecule has 1 aromatic carbocycles. The number of anilines is 2. The maximum Gasteiger partial charge on any atom is 0.452 e. The van der Waals surface area contributed by atoms with E-state index in [1.807, 2.05) is 4.90 Å². The van der Waals surface area contributed by atoms with Crippen LogP contribution in [-0.2, 0) is 10.9 Å². The van der Waals surface area contributed by atoms with Crippen LogP contribution in [0.15, 0.2) is 53.1 Å². The first-order valence-electron chi connectivity index (χ1n) is 11.2. The zero-order valence-electron chi connectivity index (χ0n) is 19.7. The van der Waals surface area contributed by atoms with E-state index in [-0.39, 0.29) is 18.2 Å². The number of halogens is 3. The van der Waals surface area contributed by atoms with Gasteiger partial charge in [-0.1, -0.05) is 24.1 Å². The van der Waals surface area contributed by atoms with Crippen LogP contribution in [0.5, 0.6) is 0 Å². The number of carbonyl (C=O) groups excluding carboxylic acids is 2. The van der Waals surface area contributed by atoms with E-state index in [9.17, 15) is 22.8 Å². The molecule has 0 atom stereocenters. The number of ether oxygens (including phenoxy) is 1. The molecule has 1 fully saturated rings. The minimum Gasteiger partial charge on any atom is -0.436 e. The monoisotopic (exact) mass is 513 g/mol. The predicted molar refractivity (Wildman–Crippen MR) is 128 cm³/mol. The number of nitrogens with one attached hydrogen (secondary N) is 1. The zero-order chi connectivity index (χ0) is 26.4. The number of amides is 2. The van der Waals surface area contributed by atoms with Gasteiger partial charge >= 0.3 is 12.3 Å². The molecule has 9 nitrogen and oxygen atoms in total. The minimum absolute atomic E-state index is 0.0383. The summed E-state index contributed by atoms with van der Waals surface area (Å²) in [5.74, 6) is 3.04. The zero-order valence-corrected chi connectivity index (χ0v) is 19.7. The molecule has 4 rings (SSSR count). The molecule has 1 N–H and O–H groups in total. The van der Waals surface area contributed by atoms with Crippen molar-refractivity contribution in [1.82, 2.24) is 14.9 Å². The largest absolute Gasteiger partial charge is 0.452 e. The Hall–Kier alpha value is -4.53. The number of alkyl halides is 3. The fraction of sp³-hybridized carbons (Fsp3) is 0.280. The summed E-state index contributed by atoms with van der Waals surface area (Å²) in [7, 11) is 0. The van der Waals surface area contributed by atoms with E-state index in [1.54, 1.807) is 36.1 Å². The van der Waals surface area contributed by atoms with Crippen molar-refractivity contribution in [3.8, 4) is 23.3 Å². The van der Waals surface area contributed by atoms with E-state index in [1.165, 1.54) is 24.4 Å². The normalized spacial score (nSPS) is 13.5. The first-order valence-corrected chi connectivity index (χ1v) is 11.2. The van der Waals surface area contributed by atoms with Crippen molar-refractivity contribution in [2.24, 2.45) is 0 Å². The van der Waals surface area contributed by atoms with E-state index in [0.717, 1.165) is 0 Å². The standard InChI is InChI=1S/C25H22F3N5O4/c1-2-3-15-36-24(35)33-13-11-32(12-14-33)19-10-9-18(16-29-19)30-22(34)20-21(25(26,27)28)37-23(31-20)17-7-5-4-6-8-17/h4-10,16H,11-15H2,1H3,(H,30,34). The lowest BCUT2D eigenvalue weighted by Crippen LogP contribution is -2.49. The molecule has 192 valence electrons. The van der Waals surface area contributed by atoms with Crippen molar-refractivity contribution < 1.29 is 31.9 Å². The summed E-state index contributed by atoms with van der Waals surface area (Å²) < 4.78 is 50.5. The van der Waals surface area contributed by atoms with Crippen molar-refractivity contribution in [2.45, 2.75) is 13.1 Å².